The summed E-state index contributed by atoms with van der Waals surface area (Å²) in [7, 11) is 0. The molecule has 0 radical (unpaired) electrons. The van der Waals surface area contributed by atoms with Crippen molar-refractivity contribution in [2.24, 2.45) is 0 Å². The molecule has 2 aromatic carbocycles. The van der Waals surface area contributed by atoms with Crippen molar-refractivity contribution in [3.05, 3.63) is 57.9 Å². The van der Waals surface area contributed by atoms with Crippen LogP contribution in [0, 0.1) is 19.7 Å². The first-order chi connectivity index (χ1) is 9.00. The molecule has 0 amide bonds. The molecular formula is C15H15ClFNO. The lowest BCUT2D eigenvalue weighted by atomic mass is 10.1. The molecule has 0 bridgehead atoms. The lowest BCUT2D eigenvalue weighted by molar-refractivity contribution is 0.301. The third-order valence-electron chi connectivity index (χ3n) is 3.05. The van der Waals surface area contributed by atoms with Crippen LogP contribution in [0.1, 0.15) is 16.7 Å². The monoisotopic (exact) mass is 279 g/mol. The van der Waals surface area contributed by atoms with E-state index in [1.165, 1.54) is 6.07 Å². The van der Waals surface area contributed by atoms with E-state index in [0.29, 0.717) is 11.3 Å². The van der Waals surface area contributed by atoms with Crippen LogP contribution in [0.5, 0.6) is 5.75 Å². The molecule has 0 spiro atoms. The van der Waals surface area contributed by atoms with Crippen LogP contribution in [0.15, 0.2) is 30.3 Å². The quantitative estimate of drug-likeness (QED) is 0.852. The molecule has 0 fully saturated rings. The minimum atomic E-state index is -0.441. The molecule has 2 N–H and O–H groups in total. The maximum Gasteiger partial charge on any atom is 0.142 e. The minimum absolute atomic E-state index is 0.0988. The van der Waals surface area contributed by atoms with Gasteiger partial charge < -0.3 is 10.5 Å². The average Bonchev–Trinajstić information content (AvgIpc) is 2.39. The van der Waals surface area contributed by atoms with E-state index in [0.717, 1.165) is 16.9 Å². The summed E-state index contributed by atoms with van der Waals surface area (Å²) in [4.78, 5) is 0. The largest absolute Gasteiger partial charge is 0.488 e. The number of hydrogen-bond acceptors (Lipinski definition) is 2. The molecule has 100 valence electrons. The number of anilines is 1. The minimum Gasteiger partial charge on any atom is -0.488 e. The fourth-order valence-corrected chi connectivity index (χ4v) is 2.05. The van der Waals surface area contributed by atoms with Crippen molar-refractivity contribution >= 4 is 17.3 Å². The Morgan fingerprint density at radius 1 is 1.21 bits per heavy atom. The van der Waals surface area contributed by atoms with Gasteiger partial charge in [0.05, 0.1) is 5.02 Å². The van der Waals surface area contributed by atoms with Crippen molar-refractivity contribution in [3.63, 3.8) is 0 Å². The molecule has 2 nitrogen and oxygen atoms in total. The summed E-state index contributed by atoms with van der Waals surface area (Å²) in [5.41, 5.74) is 9.00. The molecule has 4 heteroatoms. The van der Waals surface area contributed by atoms with E-state index in [1.54, 1.807) is 12.1 Å². The number of nitrogens with two attached hydrogens (primary N) is 1. The van der Waals surface area contributed by atoms with Crippen LogP contribution >= 0.6 is 11.6 Å². The molecule has 0 atom stereocenters. The first-order valence-corrected chi connectivity index (χ1v) is 6.30. The van der Waals surface area contributed by atoms with E-state index in [9.17, 15) is 4.39 Å². The van der Waals surface area contributed by atoms with E-state index >= 15 is 0 Å². The van der Waals surface area contributed by atoms with E-state index in [-0.39, 0.29) is 11.6 Å². The Kier molecular flexibility index (Phi) is 3.96. The fourth-order valence-electron chi connectivity index (χ4n) is 1.87. The lowest BCUT2D eigenvalue weighted by Gasteiger charge is -2.14. The Labute approximate surface area is 117 Å². The maximum atomic E-state index is 13.3. The lowest BCUT2D eigenvalue weighted by Crippen LogP contribution is -2.02. The molecule has 0 saturated heterocycles. The summed E-state index contributed by atoms with van der Waals surface area (Å²) < 4.78 is 19.1. The van der Waals surface area contributed by atoms with E-state index in [4.69, 9.17) is 22.1 Å². The molecule has 0 saturated carbocycles. The van der Waals surface area contributed by atoms with Gasteiger partial charge in [-0.2, -0.15) is 0 Å². The number of nitrogen functional groups attached to an aromatic ring is 1. The Morgan fingerprint density at radius 2 is 1.95 bits per heavy atom. The second-order valence-electron chi connectivity index (χ2n) is 4.43. The van der Waals surface area contributed by atoms with Gasteiger partial charge >= 0.3 is 0 Å². The standard InChI is InChI=1S/C15H15ClFNO/c1-9-6-7-13(18)10(2)15(9)19-8-11-4-3-5-12(17)14(11)16/h3-7H,8,18H2,1-2H3. The number of halogens is 2. The highest BCUT2D eigenvalue weighted by Gasteiger charge is 2.10. The SMILES string of the molecule is Cc1ccc(N)c(C)c1OCc1cccc(F)c1Cl. The average molecular weight is 280 g/mol. The molecule has 2 aromatic rings. The molecule has 0 aliphatic heterocycles. The van der Waals surface area contributed by atoms with Gasteiger partial charge in [-0.05, 0) is 31.5 Å². The van der Waals surface area contributed by atoms with Gasteiger partial charge in [-0.1, -0.05) is 29.8 Å². The zero-order chi connectivity index (χ0) is 14.0. The first-order valence-electron chi connectivity index (χ1n) is 5.92. The van der Waals surface area contributed by atoms with Crippen LogP contribution in [0.3, 0.4) is 0 Å². The Hall–Kier alpha value is -1.74. The third kappa shape index (κ3) is 2.82. The number of aryl methyl sites for hydroxylation is 1. The maximum absolute atomic E-state index is 13.3. The van der Waals surface area contributed by atoms with Gasteiger partial charge in [-0.15, -0.1) is 0 Å². The van der Waals surface area contributed by atoms with Gasteiger partial charge in [0.1, 0.15) is 18.2 Å². The normalized spacial score (nSPS) is 10.5. The molecule has 0 heterocycles. The van der Waals surface area contributed by atoms with Crippen LogP contribution in [0.4, 0.5) is 10.1 Å². The molecule has 19 heavy (non-hydrogen) atoms. The smallest absolute Gasteiger partial charge is 0.142 e. The van der Waals surface area contributed by atoms with E-state index in [1.807, 2.05) is 26.0 Å². The highest BCUT2D eigenvalue weighted by Crippen LogP contribution is 2.29. The van der Waals surface area contributed by atoms with Crippen LogP contribution in [-0.2, 0) is 6.61 Å². The predicted octanol–water partition coefficient (Wildman–Crippen LogP) is 4.26. The summed E-state index contributed by atoms with van der Waals surface area (Å²) in [5.74, 6) is 0.282. The molecule has 0 aliphatic carbocycles. The molecular weight excluding hydrogens is 265 g/mol. The number of ether oxygens (including phenoxy) is 1. The van der Waals surface area contributed by atoms with Crippen molar-refractivity contribution in [3.8, 4) is 5.75 Å². The Bertz CT molecular complexity index is 613. The number of hydrogen-bond donors (Lipinski definition) is 1. The zero-order valence-electron chi connectivity index (χ0n) is 10.8. The first kappa shape index (κ1) is 13.7. The number of benzene rings is 2. The topological polar surface area (TPSA) is 35.2 Å². The summed E-state index contributed by atoms with van der Waals surface area (Å²) in [6.45, 7) is 4.04. The van der Waals surface area contributed by atoms with Crippen molar-refractivity contribution < 1.29 is 9.13 Å². The molecule has 0 aliphatic rings. The van der Waals surface area contributed by atoms with Gasteiger partial charge in [-0.3, -0.25) is 0 Å². The summed E-state index contributed by atoms with van der Waals surface area (Å²) in [6, 6.07) is 8.40. The third-order valence-corrected chi connectivity index (χ3v) is 3.47. The summed E-state index contributed by atoms with van der Waals surface area (Å²) in [5, 5.41) is 0.0988. The van der Waals surface area contributed by atoms with Crippen LogP contribution in [-0.4, -0.2) is 0 Å². The Balaban J connectivity index is 2.24. The highest BCUT2D eigenvalue weighted by molar-refractivity contribution is 6.31. The number of rotatable bonds is 3. The van der Waals surface area contributed by atoms with Gasteiger partial charge in [0, 0.05) is 16.8 Å². The van der Waals surface area contributed by atoms with E-state index in [2.05, 4.69) is 0 Å². The second kappa shape index (κ2) is 5.49. The zero-order valence-corrected chi connectivity index (χ0v) is 11.6. The molecule has 0 aromatic heterocycles. The van der Waals surface area contributed by atoms with Gasteiger partial charge in [0.25, 0.3) is 0 Å². The van der Waals surface area contributed by atoms with Gasteiger partial charge in [-0.25, -0.2) is 4.39 Å². The van der Waals surface area contributed by atoms with Crippen molar-refractivity contribution in [2.75, 3.05) is 5.73 Å². The summed E-state index contributed by atoms with van der Waals surface area (Å²) in [6.07, 6.45) is 0. The van der Waals surface area contributed by atoms with Crippen molar-refractivity contribution in [2.45, 2.75) is 20.5 Å². The summed E-state index contributed by atoms with van der Waals surface area (Å²) >= 11 is 5.89. The predicted molar refractivity (Wildman–Crippen MR) is 76.1 cm³/mol. The highest BCUT2D eigenvalue weighted by atomic mass is 35.5. The van der Waals surface area contributed by atoms with Crippen LogP contribution < -0.4 is 10.5 Å². The fraction of sp³-hybridized carbons (Fsp3) is 0.200. The molecule has 0 unspecified atom stereocenters. The van der Waals surface area contributed by atoms with Crippen molar-refractivity contribution in [1.29, 1.82) is 0 Å². The van der Waals surface area contributed by atoms with Crippen LogP contribution in [0.2, 0.25) is 5.02 Å². The Morgan fingerprint density at radius 3 is 2.68 bits per heavy atom. The van der Waals surface area contributed by atoms with Crippen molar-refractivity contribution in [1.82, 2.24) is 0 Å². The van der Waals surface area contributed by atoms with Gasteiger partial charge in [0.15, 0.2) is 0 Å². The van der Waals surface area contributed by atoms with Gasteiger partial charge in [0.2, 0.25) is 0 Å². The molecule has 2 rings (SSSR count). The second-order valence-corrected chi connectivity index (χ2v) is 4.81. The van der Waals surface area contributed by atoms with E-state index < -0.39 is 5.82 Å². The van der Waals surface area contributed by atoms with Crippen LogP contribution in [0.25, 0.3) is 0 Å².